The Balaban J connectivity index is 1.42. The van der Waals surface area contributed by atoms with Crippen LogP contribution in [0.1, 0.15) is 23.1 Å². The van der Waals surface area contributed by atoms with Gasteiger partial charge in [0.2, 0.25) is 5.91 Å². The normalized spacial score (nSPS) is 14.4. The van der Waals surface area contributed by atoms with Gasteiger partial charge in [-0.1, -0.05) is 30.3 Å². The van der Waals surface area contributed by atoms with Gasteiger partial charge in [-0.2, -0.15) is 0 Å². The maximum absolute atomic E-state index is 12.2. The molecule has 0 atom stereocenters. The Morgan fingerprint density at radius 3 is 2.31 bits per heavy atom. The van der Waals surface area contributed by atoms with E-state index in [2.05, 4.69) is 34.5 Å². The van der Waals surface area contributed by atoms with Gasteiger partial charge in [0.05, 0.1) is 27.4 Å². The highest BCUT2D eigenvalue weighted by Gasteiger charge is 2.11. The smallest absolute Gasteiger partial charge is 0.220 e. The van der Waals surface area contributed by atoms with Crippen molar-refractivity contribution in [3.05, 3.63) is 59.2 Å². The number of hydrogen-bond donors (Lipinski definition) is 1. The monoisotopic (exact) mass is 398 g/mol. The fraction of sp³-hybridized carbons (Fsp3) is 0.435. The van der Waals surface area contributed by atoms with E-state index in [-0.39, 0.29) is 5.91 Å². The molecule has 29 heavy (non-hydrogen) atoms. The minimum Gasteiger partial charge on any atom is -0.493 e. The zero-order valence-electron chi connectivity index (χ0n) is 17.3. The van der Waals surface area contributed by atoms with Crippen LogP contribution >= 0.6 is 0 Å². The molecule has 1 aliphatic heterocycles. The number of carbonyl (C=O) groups excluding carboxylic acids is 1. The Labute approximate surface area is 172 Å². The number of amides is 1. The number of hydrogen-bond acceptors (Lipinski definition) is 5. The number of aryl methyl sites for hydroxylation is 1. The van der Waals surface area contributed by atoms with Gasteiger partial charge in [-0.3, -0.25) is 9.69 Å². The van der Waals surface area contributed by atoms with E-state index in [9.17, 15) is 4.79 Å². The molecule has 3 rings (SSSR count). The minimum absolute atomic E-state index is 0.0391. The predicted molar refractivity (Wildman–Crippen MR) is 112 cm³/mol. The largest absolute Gasteiger partial charge is 0.493 e. The number of methoxy groups -OCH3 is 2. The van der Waals surface area contributed by atoms with E-state index in [0.29, 0.717) is 30.9 Å². The standard InChI is InChI=1S/C23H30N2O4/c1-27-21-9-7-18(15-22(21)28-2)8-10-23(26)24-16-19-3-5-20(6-4-19)17-25-11-13-29-14-12-25/h3-7,9,15H,8,10-14,16-17H2,1-2H3,(H,24,26). The summed E-state index contributed by atoms with van der Waals surface area (Å²) in [6, 6.07) is 14.2. The second-order valence-corrected chi connectivity index (χ2v) is 7.17. The first-order chi connectivity index (χ1) is 14.2. The van der Waals surface area contributed by atoms with Gasteiger partial charge in [0.15, 0.2) is 11.5 Å². The van der Waals surface area contributed by atoms with Crippen LogP contribution in [0.25, 0.3) is 0 Å². The predicted octanol–water partition coefficient (Wildman–Crippen LogP) is 2.79. The molecule has 0 unspecified atom stereocenters. The summed E-state index contributed by atoms with van der Waals surface area (Å²) in [7, 11) is 3.22. The maximum Gasteiger partial charge on any atom is 0.220 e. The Morgan fingerprint density at radius 2 is 1.62 bits per heavy atom. The topological polar surface area (TPSA) is 60.0 Å². The Hall–Kier alpha value is -2.57. The van der Waals surface area contributed by atoms with Gasteiger partial charge >= 0.3 is 0 Å². The molecule has 2 aromatic carbocycles. The molecular formula is C23H30N2O4. The van der Waals surface area contributed by atoms with E-state index >= 15 is 0 Å². The number of ether oxygens (including phenoxy) is 3. The van der Waals surface area contributed by atoms with Crippen molar-refractivity contribution in [1.29, 1.82) is 0 Å². The van der Waals surface area contributed by atoms with Crippen LogP contribution in [0.5, 0.6) is 11.5 Å². The number of morpholine rings is 1. The van der Waals surface area contributed by atoms with Crippen molar-refractivity contribution in [2.24, 2.45) is 0 Å². The molecule has 0 saturated carbocycles. The second kappa shape index (κ2) is 10.8. The molecule has 1 heterocycles. The van der Waals surface area contributed by atoms with Gasteiger partial charge in [-0.15, -0.1) is 0 Å². The Kier molecular flexibility index (Phi) is 7.90. The van der Waals surface area contributed by atoms with Crippen LogP contribution in [0.3, 0.4) is 0 Å². The van der Waals surface area contributed by atoms with Crippen LogP contribution < -0.4 is 14.8 Å². The van der Waals surface area contributed by atoms with Crippen molar-refractivity contribution in [2.45, 2.75) is 25.9 Å². The van der Waals surface area contributed by atoms with E-state index in [1.54, 1.807) is 14.2 Å². The first kappa shape index (κ1) is 21.1. The number of nitrogens with zero attached hydrogens (tertiary/aromatic N) is 1. The maximum atomic E-state index is 12.2. The molecule has 0 radical (unpaired) electrons. The van der Waals surface area contributed by atoms with E-state index in [0.717, 1.165) is 44.0 Å². The van der Waals surface area contributed by atoms with Gasteiger partial charge in [0, 0.05) is 32.6 Å². The molecule has 0 spiro atoms. The van der Waals surface area contributed by atoms with Crippen molar-refractivity contribution in [2.75, 3.05) is 40.5 Å². The lowest BCUT2D eigenvalue weighted by Gasteiger charge is -2.26. The van der Waals surface area contributed by atoms with Gasteiger partial charge in [0.25, 0.3) is 0 Å². The third-order valence-corrected chi connectivity index (χ3v) is 5.11. The number of rotatable bonds is 9. The quantitative estimate of drug-likeness (QED) is 0.704. The summed E-state index contributed by atoms with van der Waals surface area (Å²) in [5.41, 5.74) is 3.44. The van der Waals surface area contributed by atoms with Crippen LogP contribution in [0.2, 0.25) is 0 Å². The molecule has 156 valence electrons. The van der Waals surface area contributed by atoms with Crippen molar-refractivity contribution >= 4 is 5.91 Å². The summed E-state index contributed by atoms with van der Waals surface area (Å²) in [4.78, 5) is 14.6. The van der Waals surface area contributed by atoms with Crippen LogP contribution in [0, 0.1) is 0 Å². The molecule has 1 saturated heterocycles. The molecular weight excluding hydrogens is 368 g/mol. The highest BCUT2D eigenvalue weighted by Crippen LogP contribution is 2.27. The van der Waals surface area contributed by atoms with Crippen LogP contribution in [0.15, 0.2) is 42.5 Å². The van der Waals surface area contributed by atoms with E-state index < -0.39 is 0 Å². The molecule has 1 aliphatic rings. The fourth-order valence-corrected chi connectivity index (χ4v) is 3.36. The van der Waals surface area contributed by atoms with Gasteiger partial charge in [-0.25, -0.2) is 0 Å². The minimum atomic E-state index is 0.0391. The first-order valence-corrected chi connectivity index (χ1v) is 10.0. The number of benzene rings is 2. The van der Waals surface area contributed by atoms with Crippen molar-refractivity contribution in [1.82, 2.24) is 10.2 Å². The zero-order chi connectivity index (χ0) is 20.5. The second-order valence-electron chi connectivity index (χ2n) is 7.17. The van der Waals surface area contributed by atoms with Crippen molar-refractivity contribution in [3.63, 3.8) is 0 Å². The third kappa shape index (κ3) is 6.48. The van der Waals surface area contributed by atoms with E-state index in [4.69, 9.17) is 14.2 Å². The van der Waals surface area contributed by atoms with Crippen molar-refractivity contribution < 1.29 is 19.0 Å². The number of carbonyl (C=O) groups is 1. The molecule has 0 aromatic heterocycles. The van der Waals surface area contributed by atoms with Gasteiger partial charge in [0.1, 0.15) is 0 Å². The Morgan fingerprint density at radius 1 is 0.966 bits per heavy atom. The molecule has 2 aromatic rings. The van der Waals surface area contributed by atoms with Crippen LogP contribution in [-0.4, -0.2) is 51.3 Å². The molecule has 0 aliphatic carbocycles. The van der Waals surface area contributed by atoms with Crippen LogP contribution in [0.4, 0.5) is 0 Å². The molecule has 1 N–H and O–H groups in total. The average Bonchev–Trinajstić information content (AvgIpc) is 2.77. The zero-order valence-corrected chi connectivity index (χ0v) is 17.3. The lowest BCUT2D eigenvalue weighted by Crippen LogP contribution is -2.35. The first-order valence-electron chi connectivity index (χ1n) is 10.0. The molecule has 6 nitrogen and oxygen atoms in total. The molecule has 6 heteroatoms. The lowest BCUT2D eigenvalue weighted by molar-refractivity contribution is -0.121. The lowest BCUT2D eigenvalue weighted by atomic mass is 10.1. The van der Waals surface area contributed by atoms with Gasteiger partial charge in [-0.05, 0) is 35.2 Å². The molecule has 1 amide bonds. The third-order valence-electron chi connectivity index (χ3n) is 5.11. The summed E-state index contributed by atoms with van der Waals surface area (Å²) >= 11 is 0. The van der Waals surface area contributed by atoms with E-state index in [1.165, 1.54) is 5.56 Å². The summed E-state index contributed by atoms with van der Waals surface area (Å²) in [6.07, 6.45) is 1.09. The summed E-state index contributed by atoms with van der Waals surface area (Å²) in [5.74, 6) is 1.41. The molecule has 1 fully saturated rings. The highest BCUT2D eigenvalue weighted by molar-refractivity contribution is 5.76. The SMILES string of the molecule is COc1ccc(CCC(=O)NCc2ccc(CN3CCOCC3)cc2)cc1OC. The van der Waals surface area contributed by atoms with Crippen molar-refractivity contribution in [3.8, 4) is 11.5 Å². The highest BCUT2D eigenvalue weighted by atomic mass is 16.5. The number of nitrogens with one attached hydrogen (secondary N) is 1. The summed E-state index contributed by atoms with van der Waals surface area (Å²) in [6.45, 7) is 5.08. The molecule has 0 bridgehead atoms. The summed E-state index contributed by atoms with van der Waals surface area (Å²) < 4.78 is 15.9. The fourth-order valence-electron chi connectivity index (χ4n) is 3.36. The van der Waals surface area contributed by atoms with E-state index in [1.807, 2.05) is 18.2 Å². The average molecular weight is 399 g/mol. The summed E-state index contributed by atoms with van der Waals surface area (Å²) in [5, 5.41) is 3.00. The Bertz CT molecular complexity index is 786. The van der Waals surface area contributed by atoms with Gasteiger partial charge < -0.3 is 19.5 Å². The van der Waals surface area contributed by atoms with Crippen LogP contribution in [-0.2, 0) is 29.0 Å².